The second kappa shape index (κ2) is 5.93. The van der Waals surface area contributed by atoms with Crippen molar-refractivity contribution in [2.45, 2.75) is 31.7 Å². The quantitative estimate of drug-likeness (QED) is 0.879. The minimum absolute atomic E-state index is 0.430. The highest BCUT2D eigenvalue weighted by Crippen LogP contribution is 2.27. The predicted molar refractivity (Wildman–Crippen MR) is 72.8 cm³/mol. The van der Waals surface area contributed by atoms with Crippen molar-refractivity contribution < 1.29 is 14.6 Å². The molecule has 0 amide bonds. The van der Waals surface area contributed by atoms with E-state index in [0.717, 1.165) is 63.6 Å². The first-order valence-corrected chi connectivity index (χ1v) is 7.33. The number of carbonyl (C=O) groups is 1. The average Bonchev–Trinajstić information content (AvgIpc) is 2.89. The van der Waals surface area contributed by atoms with Gasteiger partial charge in [0.1, 0.15) is 11.9 Å². The Morgan fingerprint density at radius 2 is 2.25 bits per heavy atom. The number of carboxylic acids is 1. The highest BCUT2D eigenvalue weighted by Gasteiger charge is 2.28. The van der Waals surface area contributed by atoms with E-state index in [1.165, 1.54) is 0 Å². The molecular formula is C14H21N3O3. The lowest BCUT2D eigenvalue weighted by atomic mass is 10.0. The number of carboxylic acid groups (broad SMARTS) is 1. The van der Waals surface area contributed by atoms with Crippen molar-refractivity contribution in [3.63, 3.8) is 0 Å². The van der Waals surface area contributed by atoms with Crippen LogP contribution in [-0.4, -0.2) is 58.4 Å². The molecular weight excluding hydrogens is 258 g/mol. The number of fused-ring (bicyclic) bond motifs is 1. The Morgan fingerprint density at radius 3 is 3.00 bits per heavy atom. The second-order valence-corrected chi connectivity index (χ2v) is 5.49. The summed E-state index contributed by atoms with van der Waals surface area (Å²) in [6, 6.07) is -0.430. The molecule has 1 aromatic heterocycles. The van der Waals surface area contributed by atoms with Gasteiger partial charge in [-0.15, -0.1) is 0 Å². The molecule has 6 nitrogen and oxygen atoms in total. The molecule has 1 saturated heterocycles. The molecule has 1 atom stereocenters. The van der Waals surface area contributed by atoms with Gasteiger partial charge in [-0.05, 0) is 19.3 Å². The maximum atomic E-state index is 11.4. The Bertz CT molecular complexity index is 480. The number of aryl methyl sites for hydroxylation is 1. The maximum Gasteiger partial charge on any atom is 0.326 e. The van der Waals surface area contributed by atoms with Crippen molar-refractivity contribution in [1.29, 1.82) is 0 Å². The monoisotopic (exact) mass is 279 g/mol. The summed E-state index contributed by atoms with van der Waals surface area (Å²) < 4.78 is 7.29. The van der Waals surface area contributed by atoms with Gasteiger partial charge in [-0.2, -0.15) is 0 Å². The van der Waals surface area contributed by atoms with E-state index in [1.807, 2.05) is 10.8 Å². The normalized spacial score (nSPS) is 23.5. The lowest BCUT2D eigenvalue weighted by molar-refractivity contribution is -0.141. The Morgan fingerprint density at radius 1 is 1.45 bits per heavy atom. The van der Waals surface area contributed by atoms with Crippen molar-refractivity contribution >= 4 is 5.97 Å². The molecule has 1 unspecified atom stereocenters. The smallest absolute Gasteiger partial charge is 0.326 e. The molecule has 1 N–H and O–H groups in total. The van der Waals surface area contributed by atoms with Crippen LogP contribution in [0.2, 0.25) is 0 Å². The molecule has 1 aromatic rings. The Labute approximate surface area is 118 Å². The van der Waals surface area contributed by atoms with Gasteiger partial charge in [0.2, 0.25) is 0 Å². The van der Waals surface area contributed by atoms with Gasteiger partial charge in [-0.3, -0.25) is 4.90 Å². The van der Waals surface area contributed by atoms with E-state index in [9.17, 15) is 9.90 Å². The van der Waals surface area contributed by atoms with Gasteiger partial charge in [0.15, 0.2) is 0 Å². The fourth-order valence-corrected chi connectivity index (χ4v) is 3.11. The summed E-state index contributed by atoms with van der Waals surface area (Å²) >= 11 is 0. The number of nitrogens with zero attached hydrogens (tertiary/aromatic N) is 3. The number of rotatable bonds is 4. The van der Waals surface area contributed by atoms with E-state index < -0.39 is 12.0 Å². The molecule has 3 heterocycles. The highest BCUT2D eigenvalue weighted by atomic mass is 16.5. The van der Waals surface area contributed by atoms with Crippen LogP contribution in [0.3, 0.4) is 0 Å². The van der Waals surface area contributed by atoms with Crippen LogP contribution < -0.4 is 0 Å². The van der Waals surface area contributed by atoms with Gasteiger partial charge in [-0.1, -0.05) is 0 Å². The third-order valence-electron chi connectivity index (χ3n) is 4.21. The van der Waals surface area contributed by atoms with Gasteiger partial charge >= 0.3 is 5.97 Å². The fourth-order valence-electron chi connectivity index (χ4n) is 3.11. The summed E-state index contributed by atoms with van der Waals surface area (Å²) in [5.41, 5.74) is 1.07. The van der Waals surface area contributed by atoms with E-state index in [2.05, 4.69) is 9.88 Å². The number of imidazole rings is 1. The molecule has 2 aliphatic rings. The van der Waals surface area contributed by atoms with Gasteiger partial charge in [0.25, 0.3) is 0 Å². The SMILES string of the molecule is O=C(O)C1CCCc2cnc(CCN3CCOCC3)n21. The van der Waals surface area contributed by atoms with Crippen LogP contribution in [0.25, 0.3) is 0 Å². The zero-order valence-electron chi connectivity index (χ0n) is 11.6. The summed E-state index contributed by atoms with van der Waals surface area (Å²) in [4.78, 5) is 18.2. The number of aliphatic carboxylic acids is 1. The summed E-state index contributed by atoms with van der Waals surface area (Å²) in [5.74, 6) is 0.176. The van der Waals surface area contributed by atoms with Crippen molar-refractivity contribution in [2.75, 3.05) is 32.8 Å². The van der Waals surface area contributed by atoms with Gasteiger partial charge in [0, 0.05) is 37.9 Å². The van der Waals surface area contributed by atoms with Crippen LogP contribution in [0.4, 0.5) is 0 Å². The molecule has 1 fully saturated rings. The number of aromatic nitrogens is 2. The molecule has 3 rings (SSSR count). The van der Waals surface area contributed by atoms with E-state index in [4.69, 9.17) is 4.74 Å². The number of hydrogen-bond donors (Lipinski definition) is 1. The molecule has 0 aromatic carbocycles. The minimum atomic E-state index is -0.739. The second-order valence-electron chi connectivity index (χ2n) is 5.49. The van der Waals surface area contributed by atoms with Crippen LogP contribution >= 0.6 is 0 Å². The zero-order chi connectivity index (χ0) is 13.9. The summed E-state index contributed by atoms with van der Waals surface area (Å²) in [6.07, 6.45) is 5.25. The molecule has 0 aliphatic carbocycles. The van der Waals surface area contributed by atoms with Crippen molar-refractivity contribution in [3.8, 4) is 0 Å². The predicted octanol–water partition coefficient (Wildman–Crippen LogP) is 0.720. The third-order valence-corrected chi connectivity index (χ3v) is 4.21. The van der Waals surface area contributed by atoms with Crippen LogP contribution in [0, 0.1) is 0 Å². The molecule has 20 heavy (non-hydrogen) atoms. The Balaban J connectivity index is 1.70. The van der Waals surface area contributed by atoms with E-state index >= 15 is 0 Å². The topological polar surface area (TPSA) is 67.6 Å². The lowest BCUT2D eigenvalue weighted by Gasteiger charge is -2.27. The maximum absolute atomic E-state index is 11.4. The lowest BCUT2D eigenvalue weighted by Crippen LogP contribution is -2.38. The van der Waals surface area contributed by atoms with Crippen molar-refractivity contribution in [3.05, 3.63) is 17.7 Å². The summed E-state index contributed by atoms with van der Waals surface area (Å²) in [6.45, 7) is 4.41. The van der Waals surface area contributed by atoms with Crippen molar-refractivity contribution in [1.82, 2.24) is 14.5 Å². The number of ether oxygens (including phenoxy) is 1. The first-order chi connectivity index (χ1) is 9.75. The van der Waals surface area contributed by atoms with Crippen LogP contribution in [0.5, 0.6) is 0 Å². The van der Waals surface area contributed by atoms with Gasteiger partial charge in [0.05, 0.1) is 13.2 Å². The number of morpholine rings is 1. The van der Waals surface area contributed by atoms with Crippen LogP contribution in [0.1, 0.15) is 30.4 Å². The third kappa shape index (κ3) is 2.71. The Kier molecular flexibility index (Phi) is 4.03. The molecule has 0 bridgehead atoms. The summed E-state index contributed by atoms with van der Waals surface area (Å²) in [5, 5.41) is 9.37. The molecule has 110 valence electrons. The largest absolute Gasteiger partial charge is 0.480 e. The van der Waals surface area contributed by atoms with Crippen LogP contribution in [0.15, 0.2) is 6.20 Å². The first kappa shape index (κ1) is 13.6. The van der Waals surface area contributed by atoms with E-state index in [0.29, 0.717) is 6.42 Å². The van der Waals surface area contributed by atoms with Crippen LogP contribution in [-0.2, 0) is 22.4 Å². The van der Waals surface area contributed by atoms with E-state index in [1.54, 1.807) is 0 Å². The average molecular weight is 279 g/mol. The molecule has 6 heteroatoms. The van der Waals surface area contributed by atoms with E-state index in [-0.39, 0.29) is 0 Å². The standard InChI is InChI=1S/C14H21N3O3/c18-14(19)12-3-1-2-11-10-15-13(17(11)12)4-5-16-6-8-20-9-7-16/h10,12H,1-9H2,(H,18,19). The number of hydrogen-bond acceptors (Lipinski definition) is 4. The first-order valence-electron chi connectivity index (χ1n) is 7.33. The molecule has 0 radical (unpaired) electrons. The minimum Gasteiger partial charge on any atom is -0.480 e. The Hall–Kier alpha value is -1.40. The van der Waals surface area contributed by atoms with Crippen molar-refractivity contribution in [2.24, 2.45) is 0 Å². The van der Waals surface area contributed by atoms with Gasteiger partial charge < -0.3 is 14.4 Å². The molecule has 0 spiro atoms. The molecule has 0 saturated carbocycles. The van der Waals surface area contributed by atoms with Gasteiger partial charge in [-0.25, -0.2) is 9.78 Å². The molecule has 2 aliphatic heterocycles. The summed E-state index contributed by atoms with van der Waals surface area (Å²) in [7, 11) is 0. The highest BCUT2D eigenvalue weighted by molar-refractivity contribution is 5.72. The fraction of sp³-hybridized carbons (Fsp3) is 0.714. The zero-order valence-corrected chi connectivity index (χ0v) is 11.6.